The molecule has 7 heteroatoms. The smallest absolute Gasteiger partial charge is 0.353 e. The van der Waals surface area contributed by atoms with Crippen molar-refractivity contribution in [2.75, 3.05) is 31.6 Å². The Bertz CT molecular complexity index is 592. The molecule has 7 nitrogen and oxygen atoms in total. The zero-order chi connectivity index (χ0) is 15.4. The number of nitrogens with zero attached hydrogens (tertiary/aromatic N) is 1. The number of carbonyl (C=O) groups excluding carboxylic acids is 2. The number of guanidine groups is 1. The van der Waals surface area contributed by atoms with Crippen LogP contribution in [-0.2, 0) is 14.3 Å². The molecule has 22 heavy (non-hydrogen) atoms. The minimum atomic E-state index is -0.577. The van der Waals surface area contributed by atoms with E-state index in [2.05, 4.69) is 16.0 Å². The van der Waals surface area contributed by atoms with Gasteiger partial charge in [-0.25, -0.2) is 5.32 Å². The van der Waals surface area contributed by atoms with Crippen molar-refractivity contribution in [3.05, 3.63) is 30.3 Å². The highest BCUT2D eigenvalue weighted by molar-refractivity contribution is 6.05. The molecule has 2 fully saturated rings. The third-order valence-electron chi connectivity index (χ3n) is 3.64. The maximum atomic E-state index is 12.3. The molecule has 2 aliphatic rings. The van der Waals surface area contributed by atoms with Crippen molar-refractivity contribution in [2.45, 2.75) is 12.5 Å². The number of anilines is 1. The SMILES string of the molecule is O=C1C[C@@H](C(=O)Nc2ccccc2)NC(=[N+]2CCOCC2)N1. The van der Waals surface area contributed by atoms with Crippen LogP contribution in [0.2, 0.25) is 0 Å². The first-order valence-electron chi connectivity index (χ1n) is 7.34. The van der Waals surface area contributed by atoms with Gasteiger partial charge in [-0.15, -0.1) is 0 Å². The van der Waals surface area contributed by atoms with Gasteiger partial charge in [-0.05, 0) is 12.1 Å². The lowest BCUT2D eigenvalue weighted by Gasteiger charge is -2.24. The number of carbonyl (C=O) groups is 2. The molecule has 116 valence electrons. The largest absolute Gasteiger partial charge is 0.375 e. The molecule has 1 aromatic rings. The van der Waals surface area contributed by atoms with Crippen LogP contribution in [0.4, 0.5) is 5.69 Å². The second-order valence-electron chi connectivity index (χ2n) is 5.25. The highest BCUT2D eigenvalue weighted by atomic mass is 16.5. The quantitative estimate of drug-likeness (QED) is 0.644. The molecule has 2 heterocycles. The van der Waals surface area contributed by atoms with E-state index in [1.165, 1.54) is 0 Å². The highest BCUT2D eigenvalue weighted by Gasteiger charge is 2.35. The monoisotopic (exact) mass is 303 g/mol. The van der Waals surface area contributed by atoms with Crippen LogP contribution in [-0.4, -0.2) is 54.7 Å². The predicted octanol–water partition coefficient (Wildman–Crippen LogP) is -0.498. The van der Waals surface area contributed by atoms with Gasteiger partial charge >= 0.3 is 5.96 Å². The number of hydrogen-bond acceptors (Lipinski definition) is 3. The molecule has 3 N–H and O–H groups in total. The van der Waals surface area contributed by atoms with Crippen LogP contribution < -0.4 is 16.0 Å². The number of morpholine rings is 1. The van der Waals surface area contributed by atoms with Crippen molar-refractivity contribution in [1.82, 2.24) is 10.6 Å². The number of ether oxygens (including phenoxy) is 1. The van der Waals surface area contributed by atoms with Crippen molar-refractivity contribution in [2.24, 2.45) is 0 Å². The Kier molecular flexibility index (Phi) is 4.34. The van der Waals surface area contributed by atoms with Gasteiger partial charge in [-0.2, -0.15) is 0 Å². The van der Waals surface area contributed by atoms with E-state index in [1.54, 1.807) is 0 Å². The summed E-state index contributed by atoms with van der Waals surface area (Å²) in [4.78, 5) is 24.2. The summed E-state index contributed by atoms with van der Waals surface area (Å²) in [6.07, 6.45) is 0.118. The summed E-state index contributed by atoms with van der Waals surface area (Å²) in [6, 6.07) is 8.63. The van der Waals surface area contributed by atoms with Crippen LogP contribution in [0.1, 0.15) is 6.42 Å². The summed E-state index contributed by atoms with van der Waals surface area (Å²) < 4.78 is 7.29. The molecular formula is C15H19N4O3+. The molecule has 0 unspecified atom stereocenters. The average molecular weight is 303 g/mol. The molecule has 0 aliphatic carbocycles. The third kappa shape index (κ3) is 3.43. The van der Waals surface area contributed by atoms with Gasteiger partial charge in [-0.3, -0.25) is 19.5 Å². The van der Waals surface area contributed by atoms with Gasteiger partial charge < -0.3 is 10.1 Å². The Morgan fingerprint density at radius 2 is 1.95 bits per heavy atom. The summed E-state index contributed by atoms with van der Waals surface area (Å²) >= 11 is 0. The van der Waals surface area contributed by atoms with Crippen LogP contribution >= 0.6 is 0 Å². The summed E-state index contributed by atoms with van der Waals surface area (Å²) in [7, 11) is 0. The van der Waals surface area contributed by atoms with Gasteiger partial charge in [-0.1, -0.05) is 18.2 Å². The maximum absolute atomic E-state index is 12.3. The van der Waals surface area contributed by atoms with Crippen molar-refractivity contribution >= 4 is 23.5 Å². The van der Waals surface area contributed by atoms with Gasteiger partial charge in [0.25, 0.3) is 11.8 Å². The van der Waals surface area contributed by atoms with Crippen molar-refractivity contribution in [1.29, 1.82) is 0 Å². The van der Waals surface area contributed by atoms with E-state index in [4.69, 9.17) is 4.74 Å². The van der Waals surface area contributed by atoms with Crippen LogP contribution in [0.25, 0.3) is 0 Å². The first-order chi connectivity index (χ1) is 10.7. The molecule has 0 saturated carbocycles. The zero-order valence-corrected chi connectivity index (χ0v) is 12.2. The summed E-state index contributed by atoms with van der Waals surface area (Å²) in [5, 5.41) is 8.73. The fourth-order valence-electron chi connectivity index (χ4n) is 2.49. The maximum Gasteiger partial charge on any atom is 0.353 e. The normalized spacial score (nSPS) is 21.8. The lowest BCUT2D eigenvalue weighted by molar-refractivity contribution is -0.552. The van der Waals surface area contributed by atoms with Crippen LogP contribution in [0, 0.1) is 0 Å². The minimum Gasteiger partial charge on any atom is -0.375 e. The molecular weight excluding hydrogens is 284 g/mol. The first-order valence-corrected chi connectivity index (χ1v) is 7.34. The Labute approximate surface area is 128 Å². The molecule has 0 aromatic heterocycles. The number of nitrogens with one attached hydrogen (secondary N) is 3. The van der Waals surface area contributed by atoms with E-state index in [0.717, 1.165) is 0 Å². The minimum absolute atomic E-state index is 0.118. The van der Waals surface area contributed by atoms with Gasteiger partial charge in [0.1, 0.15) is 0 Å². The zero-order valence-electron chi connectivity index (χ0n) is 12.2. The summed E-state index contributed by atoms with van der Waals surface area (Å²) in [5.74, 6) is 0.216. The number of hydrogen-bond donors (Lipinski definition) is 3. The lowest BCUT2D eigenvalue weighted by Crippen LogP contribution is -2.61. The van der Waals surface area contributed by atoms with E-state index in [1.807, 2.05) is 34.9 Å². The Balaban J connectivity index is 1.70. The van der Waals surface area contributed by atoms with Crippen molar-refractivity contribution in [3.8, 4) is 0 Å². The second-order valence-corrected chi connectivity index (χ2v) is 5.25. The fourth-order valence-corrected chi connectivity index (χ4v) is 2.49. The summed E-state index contributed by atoms with van der Waals surface area (Å²) in [6.45, 7) is 2.61. The van der Waals surface area contributed by atoms with Crippen molar-refractivity contribution < 1.29 is 18.9 Å². The van der Waals surface area contributed by atoms with Crippen LogP contribution in [0.5, 0.6) is 0 Å². The van der Waals surface area contributed by atoms with E-state index < -0.39 is 6.04 Å². The molecule has 2 saturated heterocycles. The van der Waals surface area contributed by atoms with Crippen molar-refractivity contribution in [3.63, 3.8) is 0 Å². The fraction of sp³-hybridized carbons (Fsp3) is 0.400. The third-order valence-corrected chi connectivity index (χ3v) is 3.64. The number of benzene rings is 1. The van der Waals surface area contributed by atoms with E-state index in [9.17, 15) is 9.59 Å². The van der Waals surface area contributed by atoms with E-state index in [-0.39, 0.29) is 18.2 Å². The molecule has 1 atom stereocenters. The Hall–Kier alpha value is -2.41. The molecule has 2 amide bonds. The number of amides is 2. The summed E-state index contributed by atoms with van der Waals surface area (Å²) in [5.41, 5.74) is 0.716. The van der Waals surface area contributed by atoms with Gasteiger partial charge in [0, 0.05) is 5.69 Å². The molecule has 1 aromatic carbocycles. The van der Waals surface area contributed by atoms with Crippen LogP contribution in [0.3, 0.4) is 0 Å². The molecule has 3 rings (SSSR count). The second kappa shape index (κ2) is 6.57. The Morgan fingerprint density at radius 1 is 1.23 bits per heavy atom. The topological polar surface area (TPSA) is 82.5 Å². The van der Waals surface area contributed by atoms with E-state index >= 15 is 0 Å². The standard InChI is InChI=1S/C15H18N4O3/c20-13-10-12(14(21)16-11-4-2-1-3-5-11)17-15(18-13)19-6-8-22-9-7-19/h1-5,12H,6-10H2,(H2,16,17,18,20,21)/p+1/t12-/m0/s1. The molecule has 0 radical (unpaired) electrons. The van der Waals surface area contributed by atoms with Gasteiger partial charge in [0.2, 0.25) is 0 Å². The van der Waals surface area contributed by atoms with Gasteiger partial charge in [0.15, 0.2) is 6.04 Å². The van der Waals surface area contributed by atoms with Crippen LogP contribution in [0.15, 0.2) is 30.3 Å². The lowest BCUT2D eigenvalue weighted by atomic mass is 10.1. The molecule has 0 spiro atoms. The average Bonchev–Trinajstić information content (AvgIpc) is 2.56. The molecule has 2 aliphatic heterocycles. The number of rotatable bonds is 2. The van der Waals surface area contributed by atoms with Gasteiger partial charge in [0.05, 0.1) is 32.7 Å². The predicted molar refractivity (Wildman–Crippen MR) is 80.6 cm³/mol. The Morgan fingerprint density at radius 3 is 2.68 bits per heavy atom. The molecule has 0 bridgehead atoms. The van der Waals surface area contributed by atoms with E-state index in [0.29, 0.717) is 38.0 Å². The highest BCUT2D eigenvalue weighted by Crippen LogP contribution is 2.08. The first kappa shape index (κ1) is 14.5. The number of para-hydroxylation sites is 1.